The number of hydrogen-bond acceptors (Lipinski definition) is 1. The maximum Gasteiger partial charge on any atom is 0.123 e. The molecule has 1 N–H and O–H groups in total. The third-order valence-electron chi connectivity index (χ3n) is 2.90. The highest BCUT2D eigenvalue weighted by Crippen LogP contribution is 2.23. The van der Waals surface area contributed by atoms with Gasteiger partial charge in [-0.2, -0.15) is 0 Å². The smallest absolute Gasteiger partial charge is 0.123 e. The first kappa shape index (κ1) is 13.2. The highest BCUT2D eigenvalue weighted by atomic mass is 19.1. The molecule has 0 amide bonds. The lowest BCUT2D eigenvalue weighted by Gasteiger charge is -2.15. The van der Waals surface area contributed by atoms with Gasteiger partial charge in [0, 0.05) is 12.5 Å². The Kier molecular flexibility index (Phi) is 5.47. The average molecular weight is 224 g/mol. The Morgan fingerprint density at radius 1 is 1.12 bits per heavy atom. The Morgan fingerprint density at radius 2 is 1.75 bits per heavy atom. The van der Waals surface area contributed by atoms with Crippen molar-refractivity contribution in [1.29, 1.82) is 0 Å². The monoisotopic (exact) mass is 224 g/mol. The summed E-state index contributed by atoms with van der Waals surface area (Å²) in [5, 5.41) is 9.32. The Hall–Kier alpha value is -0.890. The Balaban J connectivity index is 2.50. The van der Waals surface area contributed by atoms with E-state index in [1.807, 2.05) is 0 Å². The fourth-order valence-electron chi connectivity index (χ4n) is 1.87. The van der Waals surface area contributed by atoms with Crippen molar-refractivity contribution < 1.29 is 9.50 Å². The van der Waals surface area contributed by atoms with Crippen molar-refractivity contribution in [3.05, 3.63) is 35.6 Å². The van der Waals surface area contributed by atoms with Crippen molar-refractivity contribution in [3.63, 3.8) is 0 Å². The molecule has 1 unspecified atom stereocenters. The van der Waals surface area contributed by atoms with Gasteiger partial charge in [0.25, 0.3) is 0 Å². The van der Waals surface area contributed by atoms with Gasteiger partial charge in [-0.25, -0.2) is 4.39 Å². The first-order valence-electron chi connectivity index (χ1n) is 5.99. The molecule has 0 spiro atoms. The molecule has 0 aliphatic carbocycles. The van der Waals surface area contributed by atoms with E-state index >= 15 is 0 Å². The summed E-state index contributed by atoms with van der Waals surface area (Å²) in [5.74, 6) is 0.634. The van der Waals surface area contributed by atoms with Crippen LogP contribution in [0.15, 0.2) is 24.3 Å². The fourth-order valence-corrected chi connectivity index (χ4v) is 1.87. The van der Waals surface area contributed by atoms with Gasteiger partial charge in [0.05, 0.1) is 0 Å². The quantitative estimate of drug-likeness (QED) is 0.780. The van der Waals surface area contributed by atoms with E-state index in [1.165, 1.54) is 18.6 Å². The molecule has 90 valence electrons. The lowest BCUT2D eigenvalue weighted by atomic mass is 9.92. The van der Waals surface area contributed by atoms with Crippen molar-refractivity contribution in [2.45, 2.75) is 39.0 Å². The molecule has 0 aromatic heterocycles. The highest BCUT2D eigenvalue weighted by molar-refractivity contribution is 5.20. The van der Waals surface area contributed by atoms with Crippen LogP contribution in [-0.4, -0.2) is 11.7 Å². The fraction of sp³-hybridized carbons (Fsp3) is 0.571. The second-order valence-electron chi connectivity index (χ2n) is 4.76. The van der Waals surface area contributed by atoms with Gasteiger partial charge in [0.2, 0.25) is 0 Å². The number of rotatable bonds is 6. The molecule has 1 nitrogen and oxygen atoms in total. The van der Waals surface area contributed by atoms with Gasteiger partial charge in [-0.3, -0.25) is 0 Å². The Bertz CT molecular complexity index is 292. The molecule has 0 aliphatic rings. The summed E-state index contributed by atoms with van der Waals surface area (Å²) in [6, 6.07) is 6.46. The van der Waals surface area contributed by atoms with Crippen LogP contribution in [0.25, 0.3) is 0 Å². The van der Waals surface area contributed by atoms with Gasteiger partial charge >= 0.3 is 0 Å². The number of aliphatic hydroxyl groups excluding tert-OH is 1. The molecule has 0 fully saturated rings. The Labute approximate surface area is 97.3 Å². The minimum Gasteiger partial charge on any atom is -0.396 e. The molecule has 0 radical (unpaired) electrons. The van der Waals surface area contributed by atoms with E-state index in [1.54, 1.807) is 12.1 Å². The minimum atomic E-state index is -0.220. The van der Waals surface area contributed by atoms with E-state index in [4.69, 9.17) is 0 Å². The maximum atomic E-state index is 12.7. The van der Waals surface area contributed by atoms with Crippen molar-refractivity contribution in [1.82, 2.24) is 0 Å². The zero-order valence-corrected chi connectivity index (χ0v) is 10.1. The van der Waals surface area contributed by atoms with Crippen LogP contribution < -0.4 is 0 Å². The predicted molar refractivity (Wildman–Crippen MR) is 64.9 cm³/mol. The van der Waals surface area contributed by atoms with Crippen LogP contribution in [0, 0.1) is 11.7 Å². The Morgan fingerprint density at radius 3 is 2.25 bits per heavy atom. The second-order valence-corrected chi connectivity index (χ2v) is 4.76. The van der Waals surface area contributed by atoms with Gasteiger partial charge < -0.3 is 5.11 Å². The molecule has 1 aromatic carbocycles. The minimum absolute atomic E-state index is 0.143. The largest absolute Gasteiger partial charge is 0.396 e. The molecule has 0 heterocycles. The molecule has 1 rings (SSSR count). The van der Waals surface area contributed by atoms with Gasteiger partial charge in [0.15, 0.2) is 0 Å². The first-order valence-corrected chi connectivity index (χ1v) is 5.99. The van der Waals surface area contributed by atoms with Gasteiger partial charge in [-0.15, -0.1) is 0 Å². The van der Waals surface area contributed by atoms with Crippen LogP contribution >= 0.6 is 0 Å². The van der Waals surface area contributed by atoms with Crippen LogP contribution in [0.3, 0.4) is 0 Å². The van der Waals surface area contributed by atoms with E-state index in [2.05, 4.69) is 13.8 Å². The predicted octanol–water partition coefficient (Wildman–Crippen LogP) is 3.73. The van der Waals surface area contributed by atoms with E-state index in [0.29, 0.717) is 5.92 Å². The van der Waals surface area contributed by atoms with E-state index < -0.39 is 0 Å². The number of hydrogen-bond donors (Lipinski definition) is 1. The topological polar surface area (TPSA) is 20.2 Å². The van der Waals surface area contributed by atoms with Gasteiger partial charge in [-0.05, 0) is 30.0 Å². The van der Waals surface area contributed by atoms with Crippen LogP contribution in [0.4, 0.5) is 4.39 Å². The maximum absolute atomic E-state index is 12.7. The van der Waals surface area contributed by atoms with E-state index in [9.17, 15) is 9.50 Å². The summed E-state index contributed by atoms with van der Waals surface area (Å²) in [4.78, 5) is 0. The molecule has 1 atom stereocenters. The van der Waals surface area contributed by atoms with Crippen LogP contribution in [0.5, 0.6) is 0 Å². The molecular weight excluding hydrogens is 203 g/mol. The third kappa shape index (κ3) is 4.31. The highest BCUT2D eigenvalue weighted by Gasteiger charge is 2.10. The van der Waals surface area contributed by atoms with Crippen molar-refractivity contribution in [2.24, 2.45) is 5.92 Å². The van der Waals surface area contributed by atoms with Crippen LogP contribution in [-0.2, 0) is 0 Å². The molecule has 0 saturated heterocycles. The summed E-state index contributed by atoms with van der Waals surface area (Å²) in [7, 11) is 0. The van der Waals surface area contributed by atoms with E-state index in [-0.39, 0.29) is 18.3 Å². The molecule has 2 heteroatoms. The van der Waals surface area contributed by atoms with Crippen LogP contribution in [0.1, 0.15) is 44.6 Å². The zero-order valence-electron chi connectivity index (χ0n) is 10.1. The lowest BCUT2D eigenvalue weighted by Crippen LogP contribution is -2.05. The third-order valence-corrected chi connectivity index (χ3v) is 2.90. The molecule has 0 bridgehead atoms. The van der Waals surface area contributed by atoms with E-state index in [0.717, 1.165) is 18.4 Å². The van der Waals surface area contributed by atoms with Crippen LogP contribution in [0.2, 0.25) is 0 Å². The standard InChI is InChI=1S/C14H21FO/c1-11(2)4-3-5-13(10-16)12-6-8-14(15)9-7-12/h6-9,11,13,16H,3-5,10H2,1-2H3. The SMILES string of the molecule is CC(C)CCCC(CO)c1ccc(F)cc1. The summed E-state index contributed by atoms with van der Waals surface area (Å²) < 4.78 is 12.7. The summed E-state index contributed by atoms with van der Waals surface area (Å²) in [6.07, 6.45) is 3.26. The molecule has 0 saturated carbocycles. The molecule has 16 heavy (non-hydrogen) atoms. The average Bonchev–Trinajstić information content (AvgIpc) is 2.26. The molecule has 0 aliphatic heterocycles. The van der Waals surface area contributed by atoms with Gasteiger partial charge in [-0.1, -0.05) is 38.8 Å². The molecule has 1 aromatic rings. The van der Waals surface area contributed by atoms with Gasteiger partial charge in [0.1, 0.15) is 5.82 Å². The first-order chi connectivity index (χ1) is 7.63. The normalized spacial score (nSPS) is 13.1. The van der Waals surface area contributed by atoms with Crippen molar-refractivity contribution in [2.75, 3.05) is 6.61 Å². The molecular formula is C14H21FO. The lowest BCUT2D eigenvalue weighted by molar-refractivity contribution is 0.255. The van der Waals surface area contributed by atoms with Crippen molar-refractivity contribution in [3.8, 4) is 0 Å². The number of halogens is 1. The summed E-state index contributed by atoms with van der Waals surface area (Å²) in [6.45, 7) is 4.54. The second kappa shape index (κ2) is 6.64. The van der Waals surface area contributed by atoms with Crippen molar-refractivity contribution >= 4 is 0 Å². The number of benzene rings is 1. The zero-order chi connectivity index (χ0) is 12.0. The summed E-state index contributed by atoms with van der Waals surface area (Å²) in [5.41, 5.74) is 1.03. The summed E-state index contributed by atoms with van der Waals surface area (Å²) >= 11 is 0. The number of aliphatic hydroxyl groups is 1.